The van der Waals surface area contributed by atoms with Crippen molar-refractivity contribution in [2.24, 2.45) is 5.92 Å². The van der Waals surface area contributed by atoms with Crippen molar-refractivity contribution < 1.29 is 5.11 Å². The van der Waals surface area contributed by atoms with Crippen LogP contribution in [0.5, 0.6) is 0 Å². The van der Waals surface area contributed by atoms with E-state index >= 15 is 0 Å². The summed E-state index contributed by atoms with van der Waals surface area (Å²) < 4.78 is 0. The second kappa shape index (κ2) is 5.17. The second-order valence-corrected chi connectivity index (χ2v) is 5.93. The van der Waals surface area contributed by atoms with Crippen LogP contribution in [-0.2, 0) is 6.42 Å². The zero-order valence-electron chi connectivity index (χ0n) is 10.0. The van der Waals surface area contributed by atoms with Gasteiger partial charge in [0, 0.05) is 6.42 Å². The Morgan fingerprint density at radius 2 is 2.12 bits per heavy atom. The number of rotatable bonds is 2. The zero-order chi connectivity index (χ0) is 12.5. The van der Waals surface area contributed by atoms with Gasteiger partial charge < -0.3 is 5.11 Å². The summed E-state index contributed by atoms with van der Waals surface area (Å²) in [6.07, 6.45) is 4.87. The molecule has 0 saturated heterocycles. The van der Waals surface area contributed by atoms with Crippen LogP contribution in [0.2, 0.25) is 10.0 Å². The molecule has 1 N–H and O–H groups in total. The predicted octanol–water partition coefficient (Wildman–Crippen LogP) is 4.48. The summed E-state index contributed by atoms with van der Waals surface area (Å²) in [5.41, 5.74) is 0.336. The maximum Gasteiger partial charge on any atom is 0.0713 e. The molecule has 0 heterocycles. The van der Waals surface area contributed by atoms with Crippen molar-refractivity contribution in [1.82, 2.24) is 0 Å². The van der Waals surface area contributed by atoms with Gasteiger partial charge in [-0.05, 0) is 30.4 Å². The van der Waals surface area contributed by atoms with Gasteiger partial charge in [0.15, 0.2) is 0 Å². The average Bonchev–Trinajstić information content (AvgIpc) is 2.29. The molecule has 0 bridgehead atoms. The van der Waals surface area contributed by atoms with Gasteiger partial charge >= 0.3 is 0 Å². The first-order chi connectivity index (χ1) is 8.03. The normalized spacial score (nSPS) is 29.3. The van der Waals surface area contributed by atoms with E-state index in [1.54, 1.807) is 6.07 Å². The molecule has 94 valence electrons. The Hall–Kier alpha value is -0.240. The van der Waals surface area contributed by atoms with E-state index in [0.717, 1.165) is 24.8 Å². The summed E-state index contributed by atoms with van der Waals surface area (Å²) in [5, 5.41) is 11.9. The fourth-order valence-corrected chi connectivity index (χ4v) is 3.06. The van der Waals surface area contributed by atoms with Crippen LogP contribution in [0, 0.1) is 5.92 Å². The fraction of sp³-hybridized carbons (Fsp3) is 0.571. The van der Waals surface area contributed by atoms with Gasteiger partial charge in [-0.3, -0.25) is 0 Å². The summed E-state index contributed by atoms with van der Waals surface area (Å²) in [7, 11) is 0. The van der Waals surface area contributed by atoms with Crippen molar-refractivity contribution in [2.45, 2.75) is 44.6 Å². The summed E-state index contributed by atoms with van der Waals surface area (Å²) in [4.78, 5) is 0. The van der Waals surface area contributed by atoms with E-state index < -0.39 is 5.60 Å². The van der Waals surface area contributed by atoms with E-state index in [0.29, 0.717) is 22.4 Å². The highest BCUT2D eigenvalue weighted by molar-refractivity contribution is 6.42. The number of hydrogen-bond donors (Lipinski definition) is 1. The molecule has 1 nitrogen and oxygen atoms in total. The minimum Gasteiger partial charge on any atom is -0.389 e. The SMILES string of the molecule is CC1CCCCC1(O)Cc1cccc(Cl)c1Cl. The average molecular weight is 273 g/mol. The van der Waals surface area contributed by atoms with E-state index in [2.05, 4.69) is 6.92 Å². The molecular weight excluding hydrogens is 255 g/mol. The van der Waals surface area contributed by atoms with Gasteiger partial charge in [0.25, 0.3) is 0 Å². The van der Waals surface area contributed by atoms with Gasteiger partial charge in [0.1, 0.15) is 0 Å². The minimum atomic E-state index is -0.618. The van der Waals surface area contributed by atoms with E-state index in [1.165, 1.54) is 6.42 Å². The van der Waals surface area contributed by atoms with E-state index in [4.69, 9.17) is 23.2 Å². The molecule has 2 unspecified atom stereocenters. The maximum absolute atomic E-state index is 10.7. The largest absolute Gasteiger partial charge is 0.389 e. The predicted molar refractivity (Wildman–Crippen MR) is 72.7 cm³/mol. The van der Waals surface area contributed by atoms with Crippen LogP contribution in [0.1, 0.15) is 38.2 Å². The summed E-state index contributed by atoms with van der Waals surface area (Å²) in [6.45, 7) is 2.12. The fourth-order valence-electron chi connectivity index (χ4n) is 2.67. The summed E-state index contributed by atoms with van der Waals surface area (Å²) in [5.74, 6) is 0.325. The van der Waals surface area contributed by atoms with Crippen molar-refractivity contribution in [1.29, 1.82) is 0 Å². The van der Waals surface area contributed by atoms with E-state index in [9.17, 15) is 5.11 Å². The molecule has 1 fully saturated rings. The Kier molecular flexibility index (Phi) is 4.02. The van der Waals surface area contributed by atoms with Crippen LogP contribution in [0.15, 0.2) is 18.2 Å². The molecule has 1 aromatic carbocycles. The lowest BCUT2D eigenvalue weighted by molar-refractivity contribution is -0.0405. The van der Waals surface area contributed by atoms with Crippen LogP contribution in [0.3, 0.4) is 0 Å². The molecule has 2 atom stereocenters. The lowest BCUT2D eigenvalue weighted by Crippen LogP contribution is -2.41. The third kappa shape index (κ3) is 2.78. The third-order valence-electron chi connectivity index (χ3n) is 3.94. The summed E-state index contributed by atoms with van der Waals surface area (Å²) in [6, 6.07) is 5.62. The van der Waals surface area contributed by atoms with Crippen LogP contribution in [-0.4, -0.2) is 10.7 Å². The molecule has 17 heavy (non-hydrogen) atoms. The molecule has 1 aliphatic rings. The smallest absolute Gasteiger partial charge is 0.0713 e. The molecule has 0 spiro atoms. The topological polar surface area (TPSA) is 20.2 Å². The molecule has 1 saturated carbocycles. The van der Waals surface area contributed by atoms with E-state index in [1.807, 2.05) is 12.1 Å². The number of halogens is 2. The van der Waals surface area contributed by atoms with Gasteiger partial charge in [0.05, 0.1) is 15.6 Å². The summed E-state index contributed by atoms with van der Waals surface area (Å²) >= 11 is 12.2. The Labute approximate surface area is 113 Å². The Bertz CT molecular complexity index is 405. The van der Waals surface area contributed by atoms with Crippen molar-refractivity contribution in [2.75, 3.05) is 0 Å². The monoisotopic (exact) mass is 272 g/mol. The lowest BCUT2D eigenvalue weighted by Gasteiger charge is -2.38. The molecular formula is C14H18Cl2O. The van der Waals surface area contributed by atoms with Gasteiger partial charge in [-0.25, -0.2) is 0 Å². The van der Waals surface area contributed by atoms with Crippen LogP contribution in [0.25, 0.3) is 0 Å². The van der Waals surface area contributed by atoms with Gasteiger partial charge in [-0.2, -0.15) is 0 Å². The Morgan fingerprint density at radius 3 is 2.82 bits per heavy atom. The second-order valence-electron chi connectivity index (χ2n) is 5.14. The molecule has 0 amide bonds. The zero-order valence-corrected chi connectivity index (χ0v) is 11.6. The van der Waals surface area contributed by atoms with Crippen molar-refractivity contribution in [3.8, 4) is 0 Å². The maximum atomic E-state index is 10.7. The van der Waals surface area contributed by atoms with Crippen LogP contribution >= 0.6 is 23.2 Å². The number of hydrogen-bond acceptors (Lipinski definition) is 1. The van der Waals surface area contributed by atoms with E-state index in [-0.39, 0.29) is 0 Å². The molecule has 3 heteroatoms. The van der Waals surface area contributed by atoms with Crippen LogP contribution < -0.4 is 0 Å². The van der Waals surface area contributed by atoms with Gasteiger partial charge in [-0.15, -0.1) is 0 Å². The molecule has 2 rings (SSSR count). The van der Waals surface area contributed by atoms with Gasteiger partial charge in [-0.1, -0.05) is 55.1 Å². The van der Waals surface area contributed by atoms with Crippen LogP contribution in [0.4, 0.5) is 0 Å². The van der Waals surface area contributed by atoms with Crippen molar-refractivity contribution in [3.05, 3.63) is 33.8 Å². The Morgan fingerprint density at radius 1 is 1.35 bits per heavy atom. The van der Waals surface area contributed by atoms with Crippen molar-refractivity contribution >= 4 is 23.2 Å². The first-order valence-electron chi connectivity index (χ1n) is 6.18. The third-order valence-corrected chi connectivity index (χ3v) is 4.80. The highest BCUT2D eigenvalue weighted by Crippen LogP contribution is 2.38. The first-order valence-corrected chi connectivity index (χ1v) is 6.94. The Balaban J connectivity index is 2.22. The lowest BCUT2D eigenvalue weighted by atomic mass is 9.73. The first kappa shape index (κ1) is 13.2. The van der Waals surface area contributed by atoms with Crippen molar-refractivity contribution in [3.63, 3.8) is 0 Å². The molecule has 1 aromatic rings. The highest BCUT2D eigenvalue weighted by Gasteiger charge is 2.36. The molecule has 0 aliphatic heterocycles. The minimum absolute atomic E-state index is 0.325. The standard InChI is InChI=1S/C14H18Cl2O/c1-10-5-2-3-8-14(10,17)9-11-6-4-7-12(15)13(11)16/h4,6-7,10,17H,2-3,5,8-9H2,1H3. The number of benzene rings is 1. The quantitative estimate of drug-likeness (QED) is 0.842. The van der Waals surface area contributed by atoms with Gasteiger partial charge in [0.2, 0.25) is 0 Å². The molecule has 1 aliphatic carbocycles. The highest BCUT2D eigenvalue weighted by atomic mass is 35.5. The molecule has 0 aromatic heterocycles. The molecule has 0 radical (unpaired) electrons. The number of aliphatic hydroxyl groups is 1.